The fraction of sp³-hybridized carbons (Fsp3) is 0.733. The zero-order valence-corrected chi connectivity index (χ0v) is 12.5. The molecular weight excluding hydrogens is 240 g/mol. The van der Waals surface area contributed by atoms with Crippen molar-refractivity contribution in [2.24, 2.45) is 5.84 Å². The molecule has 3 N–H and O–H groups in total. The molecule has 0 amide bonds. The third kappa shape index (κ3) is 6.53. The Labute approximate surface area is 116 Å². The Balaban J connectivity index is 1.99. The second kappa shape index (κ2) is 10.5. The molecule has 1 aromatic heterocycles. The highest BCUT2D eigenvalue weighted by molar-refractivity contribution is 7.10. The van der Waals surface area contributed by atoms with Crippen molar-refractivity contribution in [3.05, 3.63) is 22.4 Å². The maximum atomic E-state index is 5.62. The lowest BCUT2D eigenvalue weighted by Gasteiger charge is -2.13. The van der Waals surface area contributed by atoms with Crippen molar-refractivity contribution in [1.82, 2.24) is 5.43 Å². The molecule has 0 fully saturated rings. The van der Waals surface area contributed by atoms with E-state index < -0.39 is 0 Å². The summed E-state index contributed by atoms with van der Waals surface area (Å²) >= 11 is 1.79. The standard InChI is InChI=1S/C15H28N2S/c1-2-3-4-5-6-7-8-9-11-14(17-16)15-12-10-13-18-15/h10,12-14,17H,2-9,11,16H2,1H3. The Hall–Kier alpha value is -0.380. The van der Waals surface area contributed by atoms with Crippen LogP contribution in [0.5, 0.6) is 0 Å². The fourth-order valence-corrected chi connectivity index (χ4v) is 3.10. The Morgan fingerprint density at radius 3 is 2.33 bits per heavy atom. The van der Waals surface area contributed by atoms with Gasteiger partial charge in [-0.15, -0.1) is 11.3 Å². The third-order valence-corrected chi connectivity index (χ3v) is 4.42. The number of unbranched alkanes of at least 4 members (excludes halogenated alkanes) is 7. The topological polar surface area (TPSA) is 38.0 Å². The molecule has 0 saturated heterocycles. The molecule has 2 nitrogen and oxygen atoms in total. The molecule has 0 saturated carbocycles. The molecule has 1 atom stereocenters. The van der Waals surface area contributed by atoms with Gasteiger partial charge in [0, 0.05) is 4.88 Å². The summed E-state index contributed by atoms with van der Waals surface area (Å²) in [6.07, 6.45) is 12.1. The van der Waals surface area contributed by atoms with E-state index in [1.54, 1.807) is 11.3 Å². The molecule has 3 heteroatoms. The van der Waals surface area contributed by atoms with Gasteiger partial charge in [-0.3, -0.25) is 11.3 Å². The Morgan fingerprint density at radius 2 is 1.78 bits per heavy atom. The van der Waals surface area contributed by atoms with E-state index in [0.29, 0.717) is 6.04 Å². The molecule has 0 bridgehead atoms. The first-order valence-electron chi connectivity index (χ1n) is 7.38. The molecular formula is C15H28N2S. The number of nitrogens with one attached hydrogen (secondary N) is 1. The normalized spacial score (nSPS) is 12.8. The van der Waals surface area contributed by atoms with Crippen LogP contribution >= 0.6 is 11.3 Å². The highest BCUT2D eigenvalue weighted by Crippen LogP contribution is 2.23. The van der Waals surface area contributed by atoms with Crippen molar-refractivity contribution < 1.29 is 0 Å². The Bertz CT molecular complexity index is 272. The van der Waals surface area contributed by atoms with Crippen LogP contribution in [0.3, 0.4) is 0 Å². The van der Waals surface area contributed by atoms with E-state index in [2.05, 4.69) is 29.9 Å². The van der Waals surface area contributed by atoms with E-state index in [9.17, 15) is 0 Å². The summed E-state index contributed by atoms with van der Waals surface area (Å²) in [5.41, 5.74) is 2.93. The van der Waals surface area contributed by atoms with Crippen LogP contribution in [-0.4, -0.2) is 0 Å². The summed E-state index contributed by atoms with van der Waals surface area (Å²) < 4.78 is 0. The molecule has 0 aromatic carbocycles. The van der Waals surface area contributed by atoms with Crippen molar-refractivity contribution in [3.63, 3.8) is 0 Å². The average molecular weight is 268 g/mol. The first-order valence-corrected chi connectivity index (χ1v) is 8.26. The van der Waals surface area contributed by atoms with Crippen LogP contribution in [0.1, 0.15) is 75.6 Å². The molecule has 1 aromatic rings. The molecule has 104 valence electrons. The summed E-state index contributed by atoms with van der Waals surface area (Å²) in [4.78, 5) is 1.36. The van der Waals surface area contributed by atoms with Crippen molar-refractivity contribution in [3.8, 4) is 0 Å². The number of thiophene rings is 1. The van der Waals surface area contributed by atoms with Crippen LogP contribution in [0.4, 0.5) is 0 Å². The second-order valence-corrected chi connectivity index (χ2v) is 5.98. The van der Waals surface area contributed by atoms with Crippen LogP contribution in [0.25, 0.3) is 0 Å². The number of hydrazine groups is 1. The molecule has 1 heterocycles. The van der Waals surface area contributed by atoms with Crippen molar-refractivity contribution in [2.75, 3.05) is 0 Å². The number of hydrogen-bond acceptors (Lipinski definition) is 3. The molecule has 0 aliphatic carbocycles. The highest BCUT2D eigenvalue weighted by Gasteiger charge is 2.09. The van der Waals surface area contributed by atoms with E-state index in [0.717, 1.165) is 6.42 Å². The van der Waals surface area contributed by atoms with E-state index in [1.165, 1.54) is 56.2 Å². The van der Waals surface area contributed by atoms with Gasteiger partial charge in [0.15, 0.2) is 0 Å². The van der Waals surface area contributed by atoms with Gasteiger partial charge < -0.3 is 0 Å². The lowest BCUT2D eigenvalue weighted by molar-refractivity contribution is 0.480. The zero-order valence-electron chi connectivity index (χ0n) is 11.7. The maximum Gasteiger partial charge on any atom is 0.0553 e. The van der Waals surface area contributed by atoms with Crippen LogP contribution in [0.15, 0.2) is 17.5 Å². The Morgan fingerprint density at radius 1 is 1.11 bits per heavy atom. The number of hydrogen-bond donors (Lipinski definition) is 2. The largest absolute Gasteiger partial charge is 0.271 e. The predicted octanol–water partition coefficient (Wildman–Crippen LogP) is 4.78. The quantitative estimate of drug-likeness (QED) is 0.344. The highest BCUT2D eigenvalue weighted by atomic mass is 32.1. The van der Waals surface area contributed by atoms with Gasteiger partial charge in [0.1, 0.15) is 0 Å². The van der Waals surface area contributed by atoms with Crippen LogP contribution in [-0.2, 0) is 0 Å². The maximum absolute atomic E-state index is 5.62. The molecule has 0 aliphatic rings. The first-order chi connectivity index (χ1) is 8.88. The van der Waals surface area contributed by atoms with Gasteiger partial charge >= 0.3 is 0 Å². The van der Waals surface area contributed by atoms with Gasteiger partial charge in [-0.2, -0.15) is 0 Å². The lowest BCUT2D eigenvalue weighted by atomic mass is 10.0. The summed E-state index contributed by atoms with van der Waals surface area (Å²) in [5, 5.41) is 2.12. The summed E-state index contributed by atoms with van der Waals surface area (Å²) in [5.74, 6) is 5.62. The van der Waals surface area contributed by atoms with Gasteiger partial charge in [0.25, 0.3) is 0 Å². The minimum atomic E-state index is 0.352. The lowest BCUT2D eigenvalue weighted by Crippen LogP contribution is -2.27. The summed E-state index contributed by atoms with van der Waals surface area (Å²) in [7, 11) is 0. The van der Waals surface area contributed by atoms with E-state index in [4.69, 9.17) is 5.84 Å². The van der Waals surface area contributed by atoms with E-state index in [-0.39, 0.29) is 0 Å². The van der Waals surface area contributed by atoms with Crippen molar-refractivity contribution in [1.29, 1.82) is 0 Å². The van der Waals surface area contributed by atoms with Gasteiger partial charge in [0.2, 0.25) is 0 Å². The smallest absolute Gasteiger partial charge is 0.0553 e. The van der Waals surface area contributed by atoms with Crippen molar-refractivity contribution in [2.45, 2.75) is 70.8 Å². The third-order valence-electron chi connectivity index (χ3n) is 3.43. The number of rotatable bonds is 11. The molecule has 1 rings (SSSR count). The zero-order chi connectivity index (χ0) is 13.1. The predicted molar refractivity (Wildman–Crippen MR) is 81.6 cm³/mol. The van der Waals surface area contributed by atoms with Crippen LogP contribution in [0, 0.1) is 0 Å². The number of nitrogens with two attached hydrogens (primary N) is 1. The minimum Gasteiger partial charge on any atom is -0.271 e. The second-order valence-electron chi connectivity index (χ2n) is 5.00. The Kier molecular flexibility index (Phi) is 9.17. The monoisotopic (exact) mass is 268 g/mol. The summed E-state index contributed by atoms with van der Waals surface area (Å²) in [6, 6.07) is 4.61. The molecule has 18 heavy (non-hydrogen) atoms. The first kappa shape index (κ1) is 15.7. The van der Waals surface area contributed by atoms with E-state index in [1.807, 2.05) is 0 Å². The van der Waals surface area contributed by atoms with Crippen LogP contribution < -0.4 is 11.3 Å². The van der Waals surface area contributed by atoms with Gasteiger partial charge in [0.05, 0.1) is 6.04 Å². The summed E-state index contributed by atoms with van der Waals surface area (Å²) in [6.45, 7) is 2.27. The minimum absolute atomic E-state index is 0.352. The molecule has 0 aliphatic heterocycles. The van der Waals surface area contributed by atoms with E-state index >= 15 is 0 Å². The average Bonchev–Trinajstić information content (AvgIpc) is 2.91. The molecule has 0 spiro atoms. The fourth-order valence-electron chi connectivity index (χ4n) is 2.28. The van der Waals surface area contributed by atoms with Gasteiger partial charge in [-0.05, 0) is 17.9 Å². The van der Waals surface area contributed by atoms with Crippen molar-refractivity contribution >= 4 is 11.3 Å². The van der Waals surface area contributed by atoms with Crippen LogP contribution in [0.2, 0.25) is 0 Å². The van der Waals surface area contributed by atoms with Gasteiger partial charge in [-0.1, -0.05) is 64.4 Å². The van der Waals surface area contributed by atoms with Gasteiger partial charge in [-0.25, -0.2) is 0 Å². The SMILES string of the molecule is CCCCCCCCCCC(NN)c1cccs1. The molecule has 0 radical (unpaired) electrons. The molecule has 1 unspecified atom stereocenters.